The Bertz CT molecular complexity index is 419. The highest BCUT2D eigenvalue weighted by molar-refractivity contribution is 7.99. The Morgan fingerprint density at radius 3 is 2.65 bits per heavy atom. The van der Waals surface area contributed by atoms with Crippen molar-refractivity contribution in [2.24, 2.45) is 5.73 Å². The van der Waals surface area contributed by atoms with Gasteiger partial charge in [0.25, 0.3) is 0 Å². The Kier molecular flexibility index (Phi) is 5.10. The van der Waals surface area contributed by atoms with Crippen LogP contribution in [0.3, 0.4) is 0 Å². The highest BCUT2D eigenvalue weighted by Crippen LogP contribution is 2.26. The van der Waals surface area contributed by atoms with Crippen molar-refractivity contribution >= 4 is 46.3 Å². The van der Waals surface area contributed by atoms with E-state index < -0.39 is 0 Å². The van der Waals surface area contributed by atoms with Crippen LogP contribution in [0.25, 0.3) is 0 Å². The minimum atomic E-state index is 0.172. The molecule has 1 aromatic carbocycles. The van der Waals surface area contributed by atoms with E-state index in [2.05, 4.69) is 25.4 Å². The van der Waals surface area contributed by atoms with Gasteiger partial charge in [0.2, 0.25) is 0 Å². The molecule has 0 radical (unpaired) electrons. The van der Waals surface area contributed by atoms with E-state index in [0.717, 1.165) is 17.8 Å². The largest absolute Gasteiger partial charge is 0.389 e. The Hall–Kier alpha value is -0.450. The summed E-state index contributed by atoms with van der Waals surface area (Å²) in [7, 11) is 0. The Morgan fingerprint density at radius 1 is 1.53 bits per heavy atom. The fourth-order valence-electron chi connectivity index (χ4n) is 1.19. The second-order valence-electron chi connectivity index (χ2n) is 4.38. The number of hydrogen-bond acceptors (Lipinski definition) is 3. The van der Waals surface area contributed by atoms with E-state index in [1.54, 1.807) is 6.07 Å². The molecule has 0 aliphatic heterocycles. The zero-order valence-electron chi connectivity index (χ0n) is 10.2. The Balaban J connectivity index is 2.77. The van der Waals surface area contributed by atoms with E-state index >= 15 is 0 Å². The fourth-order valence-corrected chi connectivity index (χ4v) is 1.78. The molecule has 1 aromatic rings. The lowest BCUT2D eigenvalue weighted by atomic mass is 10.1. The summed E-state index contributed by atoms with van der Waals surface area (Å²) in [5.74, 6) is 0. The molecule has 0 aliphatic rings. The van der Waals surface area contributed by atoms with Gasteiger partial charge in [0.15, 0.2) is 0 Å². The van der Waals surface area contributed by atoms with Crippen LogP contribution in [-0.2, 0) is 0 Å². The lowest BCUT2D eigenvalue weighted by Gasteiger charge is -2.23. The summed E-state index contributed by atoms with van der Waals surface area (Å²) >= 11 is 12.9. The van der Waals surface area contributed by atoms with Crippen molar-refractivity contribution < 1.29 is 0 Å². The van der Waals surface area contributed by atoms with Crippen LogP contribution in [0.4, 0.5) is 5.69 Å². The summed E-state index contributed by atoms with van der Waals surface area (Å²) in [5, 5.41) is 3.98. The molecule has 1 rings (SSSR count). The average Bonchev–Trinajstić information content (AvgIpc) is 2.27. The molecular formula is C12H17ClN2S2. The first-order chi connectivity index (χ1) is 7.85. The number of nitrogens with two attached hydrogens (primary N) is 1. The van der Waals surface area contributed by atoms with Crippen LogP contribution in [0.1, 0.15) is 19.4 Å². The molecule has 0 saturated heterocycles. The van der Waals surface area contributed by atoms with Gasteiger partial charge in [-0.15, -0.1) is 0 Å². The standard InChI is InChI=1S/C12H17ClN2S2/c1-12(2,17-3)7-15-10-5-4-8(11(14)16)6-9(10)13/h4-6,15H,7H2,1-3H3,(H2,14,16). The summed E-state index contributed by atoms with van der Waals surface area (Å²) in [6.07, 6.45) is 2.10. The molecule has 0 fully saturated rings. The van der Waals surface area contributed by atoms with E-state index in [0.29, 0.717) is 10.0 Å². The van der Waals surface area contributed by atoms with E-state index in [9.17, 15) is 0 Å². The predicted molar refractivity (Wildman–Crippen MR) is 83.4 cm³/mol. The van der Waals surface area contributed by atoms with E-state index in [4.69, 9.17) is 29.6 Å². The van der Waals surface area contributed by atoms with Crippen LogP contribution < -0.4 is 11.1 Å². The third kappa shape index (κ3) is 4.37. The quantitative estimate of drug-likeness (QED) is 0.813. The molecule has 0 aliphatic carbocycles. The molecule has 0 heterocycles. The minimum absolute atomic E-state index is 0.172. The number of thioether (sulfide) groups is 1. The molecule has 3 N–H and O–H groups in total. The second-order valence-corrected chi connectivity index (χ2v) is 6.74. The van der Waals surface area contributed by atoms with Crippen molar-refractivity contribution in [1.29, 1.82) is 0 Å². The van der Waals surface area contributed by atoms with Crippen molar-refractivity contribution in [3.8, 4) is 0 Å². The maximum absolute atomic E-state index is 6.16. The lowest BCUT2D eigenvalue weighted by molar-refractivity contribution is 0.753. The second kappa shape index (κ2) is 5.94. The summed E-state index contributed by atoms with van der Waals surface area (Å²) in [5.41, 5.74) is 7.25. The maximum atomic E-state index is 6.16. The highest BCUT2D eigenvalue weighted by atomic mass is 35.5. The topological polar surface area (TPSA) is 38.0 Å². The predicted octanol–water partition coefficient (Wildman–Crippen LogP) is 3.53. The van der Waals surface area contributed by atoms with Crippen LogP contribution in [0, 0.1) is 0 Å². The third-order valence-corrected chi connectivity index (χ3v) is 4.31. The van der Waals surface area contributed by atoms with Crippen LogP contribution in [0.15, 0.2) is 18.2 Å². The molecule has 17 heavy (non-hydrogen) atoms. The van der Waals surface area contributed by atoms with Gasteiger partial charge in [-0.25, -0.2) is 0 Å². The van der Waals surface area contributed by atoms with Gasteiger partial charge in [0.05, 0.1) is 10.7 Å². The van der Waals surface area contributed by atoms with Crippen LogP contribution >= 0.6 is 35.6 Å². The highest BCUT2D eigenvalue weighted by Gasteiger charge is 2.16. The van der Waals surface area contributed by atoms with Crippen LogP contribution in [0.2, 0.25) is 5.02 Å². The number of thiocarbonyl (C=S) groups is 1. The summed E-state index contributed by atoms with van der Waals surface area (Å²) < 4.78 is 0.172. The molecule has 0 atom stereocenters. The smallest absolute Gasteiger partial charge is 0.104 e. The van der Waals surface area contributed by atoms with Crippen molar-refractivity contribution in [1.82, 2.24) is 0 Å². The molecule has 0 saturated carbocycles. The summed E-state index contributed by atoms with van der Waals surface area (Å²) in [6, 6.07) is 5.58. The molecule has 0 bridgehead atoms. The van der Waals surface area contributed by atoms with Gasteiger partial charge >= 0.3 is 0 Å². The van der Waals surface area contributed by atoms with Gasteiger partial charge in [-0.2, -0.15) is 11.8 Å². The van der Waals surface area contributed by atoms with Gasteiger partial charge in [0, 0.05) is 16.9 Å². The number of nitrogens with one attached hydrogen (secondary N) is 1. The van der Waals surface area contributed by atoms with Crippen LogP contribution in [-0.4, -0.2) is 22.5 Å². The third-order valence-electron chi connectivity index (χ3n) is 2.51. The van der Waals surface area contributed by atoms with E-state index in [-0.39, 0.29) is 4.75 Å². The number of benzene rings is 1. The molecule has 5 heteroatoms. The first kappa shape index (κ1) is 14.6. The molecule has 2 nitrogen and oxygen atoms in total. The van der Waals surface area contributed by atoms with Crippen molar-refractivity contribution in [2.75, 3.05) is 18.1 Å². The SMILES string of the molecule is CSC(C)(C)CNc1ccc(C(N)=S)cc1Cl. The van der Waals surface area contributed by atoms with Gasteiger partial charge in [-0.05, 0) is 38.3 Å². The van der Waals surface area contributed by atoms with Crippen molar-refractivity contribution in [3.63, 3.8) is 0 Å². The van der Waals surface area contributed by atoms with Crippen LogP contribution in [0.5, 0.6) is 0 Å². The molecule has 0 amide bonds. The number of halogens is 1. The Morgan fingerprint density at radius 2 is 2.18 bits per heavy atom. The molecule has 0 unspecified atom stereocenters. The zero-order valence-corrected chi connectivity index (χ0v) is 12.6. The first-order valence-electron chi connectivity index (χ1n) is 5.24. The number of hydrogen-bond donors (Lipinski definition) is 2. The molecule has 0 aromatic heterocycles. The lowest BCUT2D eigenvalue weighted by Crippen LogP contribution is -2.26. The summed E-state index contributed by atoms with van der Waals surface area (Å²) in [4.78, 5) is 0.364. The van der Waals surface area contributed by atoms with Gasteiger partial charge in [-0.1, -0.05) is 23.8 Å². The minimum Gasteiger partial charge on any atom is -0.389 e. The molecule has 94 valence electrons. The van der Waals surface area contributed by atoms with Crippen molar-refractivity contribution in [2.45, 2.75) is 18.6 Å². The normalized spacial score (nSPS) is 11.3. The number of rotatable bonds is 5. The van der Waals surface area contributed by atoms with Gasteiger partial charge < -0.3 is 11.1 Å². The van der Waals surface area contributed by atoms with Crippen molar-refractivity contribution in [3.05, 3.63) is 28.8 Å². The average molecular weight is 289 g/mol. The Labute approximate surface area is 117 Å². The monoisotopic (exact) mass is 288 g/mol. The van der Waals surface area contributed by atoms with E-state index in [1.807, 2.05) is 23.9 Å². The molecule has 0 spiro atoms. The number of anilines is 1. The van der Waals surface area contributed by atoms with Gasteiger partial charge in [-0.3, -0.25) is 0 Å². The zero-order chi connectivity index (χ0) is 13.1. The fraction of sp³-hybridized carbons (Fsp3) is 0.417. The molecular weight excluding hydrogens is 272 g/mol. The maximum Gasteiger partial charge on any atom is 0.104 e. The first-order valence-corrected chi connectivity index (χ1v) is 7.25. The van der Waals surface area contributed by atoms with E-state index in [1.165, 1.54) is 0 Å². The van der Waals surface area contributed by atoms with Gasteiger partial charge in [0.1, 0.15) is 4.99 Å². The summed E-state index contributed by atoms with van der Waals surface area (Å²) in [6.45, 7) is 5.21.